The fourth-order valence-electron chi connectivity index (χ4n) is 3.11. The summed E-state index contributed by atoms with van der Waals surface area (Å²) in [4.78, 5) is 6.38. The van der Waals surface area contributed by atoms with Crippen LogP contribution in [-0.4, -0.2) is 47.8 Å². The number of hydrogen-bond donors (Lipinski definition) is 0. The zero-order valence-corrected chi connectivity index (χ0v) is 11.1. The summed E-state index contributed by atoms with van der Waals surface area (Å²) in [6, 6.07) is 3.33. The Morgan fingerprint density at radius 3 is 3.21 bits per heavy atom. The van der Waals surface area contributed by atoms with Crippen LogP contribution >= 0.6 is 0 Å². The Bertz CT molecular complexity index is 443. The van der Waals surface area contributed by atoms with Crippen molar-refractivity contribution >= 4 is 0 Å². The second kappa shape index (κ2) is 5.43. The van der Waals surface area contributed by atoms with Crippen LogP contribution in [0.25, 0.3) is 0 Å². The molecule has 3 atom stereocenters. The molecule has 3 rings (SSSR count). The van der Waals surface area contributed by atoms with Crippen LogP contribution in [0.3, 0.4) is 0 Å². The predicted molar refractivity (Wildman–Crippen MR) is 68.6 cm³/mol. The van der Waals surface area contributed by atoms with Gasteiger partial charge >= 0.3 is 0 Å². The molecule has 1 aromatic rings. The molecule has 1 aromatic heterocycles. The maximum Gasteiger partial charge on any atom is 0.250 e. The van der Waals surface area contributed by atoms with Gasteiger partial charge in [-0.3, -0.25) is 4.90 Å². The van der Waals surface area contributed by atoms with Gasteiger partial charge in [0.1, 0.15) is 12.2 Å². The summed E-state index contributed by atoms with van der Waals surface area (Å²) in [5.41, 5.74) is 0. The van der Waals surface area contributed by atoms with E-state index in [-0.39, 0.29) is 18.1 Å². The molecule has 2 heterocycles. The fraction of sp³-hybridized carbons (Fsp3) is 0.643. The van der Waals surface area contributed by atoms with Gasteiger partial charge in [-0.15, -0.1) is 0 Å². The first kappa shape index (κ1) is 12.8. The standard InChI is InChI=1S/C14H19FN2O2/c1-2-17-8-9-18-13-11(17)5-6-12(13)19-14-10(15)4-3-7-16-14/h3-4,7,11-13H,2,5-6,8-9H2,1H3/t11-,12+,13+/m0/s1. The topological polar surface area (TPSA) is 34.6 Å². The summed E-state index contributed by atoms with van der Waals surface area (Å²) in [5, 5.41) is 0. The van der Waals surface area contributed by atoms with Gasteiger partial charge in [0.25, 0.3) is 5.88 Å². The monoisotopic (exact) mass is 266 g/mol. The first-order chi connectivity index (χ1) is 9.29. The van der Waals surface area contributed by atoms with Gasteiger partial charge in [-0.2, -0.15) is 0 Å². The lowest BCUT2D eigenvalue weighted by atomic mass is 10.1. The molecule has 0 bridgehead atoms. The highest BCUT2D eigenvalue weighted by molar-refractivity contribution is 5.14. The Morgan fingerprint density at radius 2 is 2.42 bits per heavy atom. The molecule has 1 aliphatic carbocycles. The van der Waals surface area contributed by atoms with E-state index in [0.29, 0.717) is 6.04 Å². The molecule has 0 unspecified atom stereocenters. The van der Waals surface area contributed by atoms with Gasteiger partial charge in [0.15, 0.2) is 5.82 Å². The first-order valence-electron chi connectivity index (χ1n) is 6.92. The molecular formula is C14H19FN2O2. The van der Waals surface area contributed by atoms with Crippen LogP contribution < -0.4 is 4.74 Å². The van der Waals surface area contributed by atoms with Crippen molar-refractivity contribution in [2.45, 2.75) is 38.0 Å². The highest BCUT2D eigenvalue weighted by Crippen LogP contribution is 2.32. The van der Waals surface area contributed by atoms with Gasteiger partial charge in [-0.05, 0) is 31.5 Å². The van der Waals surface area contributed by atoms with E-state index in [0.717, 1.165) is 32.5 Å². The van der Waals surface area contributed by atoms with Crippen LogP contribution in [0.2, 0.25) is 0 Å². The third-order valence-corrected chi connectivity index (χ3v) is 4.04. The molecule has 0 amide bonds. The van der Waals surface area contributed by atoms with Gasteiger partial charge in [-0.1, -0.05) is 6.92 Å². The lowest BCUT2D eigenvalue weighted by Gasteiger charge is -2.38. The Labute approximate surface area is 112 Å². The van der Waals surface area contributed by atoms with Gasteiger partial charge in [0.05, 0.1) is 6.61 Å². The number of hydrogen-bond acceptors (Lipinski definition) is 4. The normalized spacial score (nSPS) is 31.2. The second-order valence-corrected chi connectivity index (χ2v) is 5.06. The quantitative estimate of drug-likeness (QED) is 0.836. The van der Waals surface area contributed by atoms with Crippen molar-refractivity contribution < 1.29 is 13.9 Å². The van der Waals surface area contributed by atoms with Crippen LogP contribution in [0.4, 0.5) is 4.39 Å². The van der Waals surface area contributed by atoms with E-state index in [1.807, 2.05) is 0 Å². The van der Waals surface area contributed by atoms with Gasteiger partial charge in [0.2, 0.25) is 0 Å². The van der Waals surface area contributed by atoms with E-state index in [9.17, 15) is 4.39 Å². The number of morpholine rings is 1. The van der Waals surface area contributed by atoms with Crippen LogP contribution in [0.5, 0.6) is 5.88 Å². The van der Waals surface area contributed by atoms with Gasteiger partial charge in [0, 0.05) is 18.8 Å². The molecule has 0 aromatic carbocycles. The number of nitrogens with zero attached hydrogens (tertiary/aromatic N) is 2. The molecule has 0 N–H and O–H groups in total. The van der Waals surface area contributed by atoms with Crippen molar-refractivity contribution in [2.24, 2.45) is 0 Å². The molecule has 19 heavy (non-hydrogen) atoms. The SMILES string of the molecule is CCN1CCO[C@H]2[C@H](Oc3ncccc3F)CC[C@@H]21. The minimum Gasteiger partial charge on any atom is -0.469 e. The number of halogens is 1. The summed E-state index contributed by atoms with van der Waals surface area (Å²) in [7, 11) is 0. The fourth-order valence-corrected chi connectivity index (χ4v) is 3.11. The largest absolute Gasteiger partial charge is 0.469 e. The molecule has 0 radical (unpaired) electrons. The highest BCUT2D eigenvalue weighted by atomic mass is 19.1. The van der Waals surface area contributed by atoms with Crippen molar-refractivity contribution in [3.63, 3.8) is 0 Å². The number of rotatable bonds is 3. The summed E-state index contributed by atoms with van der Waals surface area (Å²) in [6.07, 6.45) is 3.42. The molecule has 5 heteroatoms. The van der Waals surface area contributed by atoms with Gasteiger partial charge < -0.3 is 9.47 Å². The minimum absolute atomic E-state index is 0.0371. The maximum absolute atomic E-state index is 13.6. The van der Waals surface area contributed by atoms with E-state index in [1.54, 1.807) is 12.3 Å². The lowest BCUT2D eigenvalue weighted by Crippen LogP contribution is -2.52. The number of pyridine rings is 1. The zero-order chi connectivity index (χ0) is 13.2. The third-order valence-electron chi connectivity index (χ3n) is 4.04. The lowest BCUT2D eigenvalue weighted by molar-refractivity contribution is -0.0887. The number of aromatic nitrogens is 1. The Balaban J connectivity index is 1.71. The van der Waals surface area contributed by atoms with E-state index in [4.69, 9.17) is 9.47 Å². The Kier molecular flexibility index (Phi) is 3.66. The van der Waals surface area contributed by atoms with Crippen molar-refractivity contribution in [2.75, 3.05) is 19.7 Å². The average molecular weight is 266 g/mol. The second-order valence-electron chi connectivity index (χ2n) is 5.06. The van der Waals surface area contributed by atoms with Gasteiger partial charge in [-0.25, -0.2) is 9.37 Å². The molecule has 1 aliphatic heterocycles. The summed E-state index contributed by atoms with van der Waals surface area (Å²) >= 11 is 0. The number of fused-ring (bicyclic) bond motifs is 1. The highest BCUT2D eigenvalue weighted by Gasteiger charge is 2.43. The van der Waals surface area contributed by atoms with E-state index in [2.05, 4.69) is 16.8 Å². The number of ether oxygens (including phenoxy) is 2. The number of likely N-dealkylation sites (N-methyl/N-ethyl adjacent to an activating group) is 1. The maximum atomic E-state index is 13.6. The zero-order valence-electron chi connectivity index (χ0n) is 11.1. The van der Waals surface area contributed by atoms with Crippen molar-refractivity contribution in [3.8, 4) is 5.88 Å². The summed E-state index contributed by atoms with van der Waals surface area (Å²) in [6.45, 7) is 4.88. The van der Waals surface area contributed by atoms with Crippen LogP contribution in [-0.2, 0) is 4.74 Å². The van der Waals surface area contributed by atoms with E-state index >= 15 is 0 Å². The molecule has 2 fully saturated rings. The molecule has 4 nitrogen and oxygen atoms in total. The predicted octanol–water partition coefficient (Wildman–Crippen LogP) is 1.85. The minimum atomic E-state index is -0.408. The molecule has 2 aliphatic rings. The molecule has 1 saturated carbocycles. The Morgan fingerprint density at radius 1 is 1.53 bits per heavy atom. The van der Waals surface area contributed by atoms with Crippen LogP contribution in [0, 0.1) is 5.82 Å². The Hall–Kier alpha value is -1.20. The van der Waals surface area contributed by atoms with Crippen molar-refractivity contribution in [1.82, 2.24) is 9.88 Å². The summed E-state index contributed by atoms with van der Waals surface area (Å²) < 4.78 is 25.1. The molecule has 0 spiro atoms. The average Bonchev–Trinajstić information content (AvgIpc) is 2.84. The van der Waals surface area contributed by atoms with E-state index in [1.165, 1.54) is 6.07 Å². The van der Waals surface area contributed by atoms with E-state index < -0.39 is 5.82 Å². The van der Waals surface area contributed by atoms with Crippen molar-refractivity contribution in [3.05, 3.63) is 24.1 Å². The first-order valence-corrected chi connectivity index (χ1v) is 6.92. The summed E-state index contributed by atoms with van der Waals surface area (Å²) in [5.74, 6) is -0.320. The molecular weight excluding hydrogens is 247 g/mol. The molecule has 1 saturated heterocycles. The smallest absolute Gasteiger partial charge is 0.250 e. The third kappa shape index (κ3) is 2.44. The molecule has 104 valence electrons. The van der Waals surface area contributed by atoms with Crippen LogP contribution in [0.15, 0.2) is 18.3 Å². The van der Waals surface area contributed by atoms with Crippen LogP contribution in [0.1, 0.15) is 19.8 Å². The van der Waals surface area contributed by atoms with Crippen molar-refractivity contribution in [1.29, 1.82) is 0 Å².